The highest BCUT2D eigenvalue weighted by Crippen LogP contribution is 2.28. The molecule has 2 aromatic rings. The lowest BCUT2D eigenvalue weighted by molar-refractivity contribution is 0.390. The number of hydrogen-bond acceptors (Lipinski definition) is 5. The van der Waals surface area contributed by atoms with Gasteiger partial charge in [-0.1, -0.05) is 12.1 Å². The topological polar surface area (TPSA) is 50.3 Å². The fourth-order valence-electron chi connectivity index (χ4n) is 2.72. The van der Waals surface area contributed by atoms with Gasteiger partial charge in [-0.15, -0.1) is 12.4 Å². The summed E-state index contributed by atoms with van der Waals surface area (Å²) >= 11 is 0. The zero-order valence-corrected chi connectivity index (χ0v) is 13.2. The molecule has 2 heterocycles. The molecule has 1 saturated heterocycles. The van der Waals surface area contributed by atoms with E-state index in [2.05, 4.69) is 15.2 Å². The highest BCUT2D eigenvalue weighted by molar-refractivity contribution is 5.85. The molecule has 0 aliphatic carbocycles. The molecule has 1 aromatic heterocycles. The molecule has 3 rings (SSSR count). The summed E-state index contributed by atoms with van der Waals surface area (Å²) in [6.45, 7) is 1.95. The van der Waals surface area contributed by atoms with Crippen LogP contribution in [-0.4, -0.2) is 43.3 Å². The maximum Gasteiger partial charge on any atom is 0.257 e. The Morgan fingerprint density at radius 3 is 2.62 bits per heavy atom. The molecule has 0 saturated carbocycles. The summed E-state index contributed by atoms with van der Waals surface area (Å²) in [7, 11) is 3.67. The zero-order valence-electron chi connectivity index (χ0n) is 12.4. The molecule has 0 radical (unpaired) electrons. The van der Waals surface area contributed by atoms with Gasteiger partial charge in [-0.3, -0.25) is 0 Å². The number of fused-ring (bicyclic) bond motifs is 1. The maximum absolute atomic E-state index is 5.44. The van der Waals surface area contributed by atoms with Crippen LogP contribution in [0.15, 0.2) is 24.3 Å². The Balaban J connectivity index is 0.00000161. The van der Waals surface area contributed by atoms with Gasteiger partial charge in [0.2, 0.25) is 0 Å². The van der Waals surface area contributed by atoms with Crippen molar-refractivity contribution in [3.63, 3.8) is 0 Å². The van der Waals surface area contributed by atoms with Crippen molar-refractivity contribution in [2.24, 2.45) is 0 Å². The summed E-state index contributed by atoms with van der Waals surface area (Å²) in [5.74, 6) is 1.46. The summed E-state index contributed by atoms with van der Waals surface area (Å²) in [6, 6.07) is 8.40. The van der Waals surface area contributed by atoms with Gasteiger partial charge >= 0.3 is 0 Å². The Labute approximate surface area is 131 Å². The molecule has 1 N–H and O–H groups in total. The molecule has 0 bridgehead atoms. The van der Waals surface area contributed by atoms with Crippen LogP contribution in [-0.2, 0) is 0 Å². The zero-order chi connectivity index (χ0) is 13.9. The molecule has 1 aliphatic heterocycles. The highest BCUT2D eigenvalue weighted by Gasteiger charge is 2.23. The van der Waals surface area contributed by atoms with Crippen molar-refractivity contribution in [3.05, 3.63) is 24.3 Å². The van der Waals surface area contributed by atoms with Crippen LogP contribution in [0, 0.1) is 0 Å². The largest absolute Gasteiger partial charge is 0.478 e. The number of likely N-dealkylation sites (N-methyl/N-ethyl adjacent to an activating group) is 1. The van der Waals surface area contributed by atoms with E-state index in [9.17, 15) is 0 Å². The van der Waals surface area contributed by atoms with E-state index in [1.165, 1.54) is 6.42 Å². The number of para-hydroxylation sites is 2. The Morgan fingerprint density at radius 2 is 1.95 bits per heavy atom. The summed E-state index contributed by atoms with van der Waals surface area (Å²) < 4.78 is 5.44. The number of ether oxygens (including phenoxy) is 1. The number of methoxy groups -OCH3 is 1. The average Bonchev–Trinajstić information content (AvgIpc) is 2.53. The molecule has 1 atom stereocenters. The SMILES string of the molecule is CNC1CCCN(c2nc3ccccc3nc2OC)C1.Cl. The van der Waals surface area contributed by atoms with Gasteiger partial charge in [0.15, 0.2) is 5.82 Å². The molecule has 1 aromatic carbocycles. The van der Waals surface area contributed by atoms with Gasteiger partial charge in [-0.25, -0.2) is 9.97 Å². The second-order valence-corrected chi connectivity index (χ2v) is 5.12. The highest BCUT2D eigenvalue weighted by atomic mass is 35.5. The normalized spacial score (nSPS) is 18.4. The van der Waals surface area contributed by atoms with E-state index in [0.29, 0.717) is 11.9 Å². The quantitative estimate of drug-likeness (QED) is 0.942. The van der Waals surface area contributed by atoms with Crippen molar-refractivity contribution in [2.75, 3.05) is 32.1 Å². The van der Waals surface area contributed by atoms with Crippen molar-refractivity contribution in [1.29, 1.82) is 0 Å². The Bertz CT molecular complexity index is 607. The Morgan fingerprint density at radius 1 is 1.24 bits per heavy atom. The predicted octanol–water partition coefficient (Wildman–Crippen LogP) is 2.25. The third kappa shape index (κ3) is 3.19. The fourth-order valence-corrected chi connectivity index (χ4v) is 2.72. The lowest BCUT2D eigenvalue weighted by Gasteiger charge is -2.33. The first-order valence-corrected chi connectivity index (χ1v) is 7.05. The van der Waals surface area contributed by atoms with E-state index in [1.54, 1.807) is 7.11 Å². The number of nitrogens with one attached hydrogen (secondary N) is 1. The molecule has 1 aliphatic rings. The number of rotatable bonds is 3. The van der Waals surface area contributed by atoms with E-state index in [-0.39, 0.29) is 12.4 Å². The molecule has 1 fully saturated rings. The summed E-state index contributed by atoms with van der Waals surface area (Å²) in [5.41, 5.74) is 1.78. The number of piperidine rings is 1. The molecular weight excluding hydrogens is 288 g/mol. The summed E-state index contributed by atoms with van der Waals surface area (Å²) in [5, 5.41) is 3.35. The fraction of sp³-hybridized carbons (Fsp3) is 0.467. The molecular formula is C15H21ClN4O. The molecule has 21 heavy (non-hydrogen) atoms. The van der Waals surface area contributed by atoms with Gasteiger partial charge in [-0.05, 0) is 32.0 Å². The number of hydrogen-bond donors (Lipinski definition) is 1. The van der Waals surface area contributed by atoms with Gasteiger partial charge in [-0.2, -0.15) is 0 Å². The van der Waals surface area contributed by atoms with Crippen molar-refractivity contribution in [2.45, 2.75) is 18.9 Å². The first-order chi connectivity index (χ1) is 9.81. The lowest BCUT2D eigenvalue weighted by atomic mass is 10.1. The van der Waals surface area contributed by atoms with Crippen molar-refractivity contribution in [1.82, 2.24) is 15.3 Å². The summed E-state index contributed by atoms with van der Waals surface area (Å²) in [4.78, 5) is 11.6. The van der Waals surface area contributed by atoms with Gasteiger partial charge in [0, 0.05) is 19.1 Å². The number of aromatic nitrogens is 2. The van der Waals surface area contributed by atoms with Gasteiger partial charge in [0.1, 0.15) is 0 Å². The van der Waals surface area contributed by atoms with Crippen LogP contribution in [0.25, 0.3) is 11.0 Å². The number of nitrogens with zero attached hydrogens (tertiary/aromatic N) is 3. The van der Waals surface area contributed by atoms with Gasteiger partial charge in [0.05, 0.1) is 18.1 Å². The Hall–Kier alpha value is -1.59. The standard InChI is InChI=1S/C15H20N4O.ClH/c1-16-11-6-5-9-19(10-11)14-15(20-2)18-13-8-4-3-7-12(13)17-14;/h3-4,7-8,11,16H,5-6,9-10H2,1-2H3;1H. The van der Waals surface area contributed by atoms with E-state index >= 15 is 0 Å². The van der Waals surface area contributed by atoms with Crippen LogP contribution >= 0.6 is 12.4 Å². The third-order valence-electron chi connectivity index (χ3n) is 3.84. The monoisotopic (exact) mass is 308 g/mol. The summed E-state index contributed by atoms with van der Waals surface area (Å²) in [6.07, 6.45) is 2.36. The van der Waals surface area contributed by atoms with Crippen molar-refractivity contribution in [3.8, 4) is 5.88 Å². The minimum atomic E-state index is 0. The van der Waals surface area contributed by atoms with Crippen LogP contribution in [0.2, 0.25) is 0 Å². The molecule has 0 spiro atoms. The maximum atomic E-state index is 5.44. The predicted molar refractivity (Wildman–Crippen MR) is 87.6 cm³/mol. The average molecular weight is 309 g/mol. The molecule has 0 amide bonds. The van der Waals surface area contributed by atoms with Crippen molar-refractivity contribution < 1.29 is 4.74 Å². The number of halogens is 1. The van der Waals surface area contributed by atoms with Crippen LogP contribution in [0.4, 0.5) is 5.82 Å². The number of anilines is 1. The van der Waals surface area contributed by atoms with E-state index in [1.807, 2.05) is 31.3 Å². The van der Waals surface area contributed by atoms with Crippen LogP contribution in [0.1, 0.15) is 12.8 Å². The third-order valence-corrected chi connectivity index (χ3v) is 3.84. The molecule has 5 nitrogen and oxygen atoms in total. The Kier molecular flexibility index (Phi) is 5.20. The van der Waals surface area contributed by atoms with E-state index in [0.717, 1.165) is 36.4 Å². The molecule has 6 heteroatoms. The van der Waals surface area contributed by atoms with Gasteiger partial charge in [0.25, 0.3) is 5.88 Å². The minimum absolute atomic E-state index is 0. The lowest BCUT2D eigenvalue weighted by Crippen LogP contribution is -2.44. The van der Waals surface area contributed by atoms with Crippen LogP contribution < -0.4 is 15.0 Å². The first kappa shape index (κ1) is 15.8. The van der Waals surface area contributed by atoms with Gasteiger partial charge < -0.3 is 15.0 Å². The second-order valence-electron chi connectivity index (χ2n) is 5.12. The van der Waals surface area contributed by atoms with E-state index in [4.69, 9.17) is 9.72 Å². The second kappa shape index (κ2) is 6.91. The van der Waals surface area contributed by atoms with E-state index < -0.39 is 0 Å². The van der Waals surface area contributed by atoms with Crippen LogP contribution in [0.5, 0.6) is 5.88 Å². The smallest absolute Gasteiger partial charge is 0.257 e. The first-order valence-electron chi connectivity index (χ1n) is 7.05. The molecule has 114 valence electrons. The van der Waals surface area contributed by atoms with Crippen molar-refractivity contribution >= 4 is 29.3 Å². The number of benzene rings is 1. The minimum Gasteiger partial charge on any atom is -0.478 e. The van der Waals surface area contributed by atoms with Crippen LogP contribution in [0.3, 0.4) is 0 Å². The molecule has 1 unspecified atom stereocenters.